The maximum Gasteiger partial charge on any atom is 0.308 e. The fourth-order valence-corrected chi connectivity index (χ4v) is 10.9. The number of ether oxygens (including phenoxy) is 1. The maximum atomic E-state index is 13.3. The Bertz CT molecular complexity index is 3360. The van der Waals surface area contributed by atoms with E-state index in [-0.39, 0.29) is 52.8 Å². The number of benzene rings is 2. The molecule has 16 heteroatoms. The van der Waals surface area contributed by atoms with Gasteiger partial charge in [-0.15, -0.1) is 22.7 Å². The number of amides is 2. The maximum absolute atomic E-state index is 13.3. The number of esters is 1. The number of hydrogen-bond acceptors (Lipinski definition) is 11. The molecule has 2 aliphatic carbocycles. The Labute approximate surface area is 392 Å². The van der Waals surface area contributed by atoms with Crippen molar-refractivity contribution in [3.8, 4) is 20.9 Å². The van der Waals surface area contributed by atoms with Gasteiger partial charge in [0.15, 0.2) is 11.3 Å². The van der Waals surface area contributed by atoms with Crippen molar-refractivity contribution in [2.24, 2.45) is 11.8 Å². The van der Waals surface area contributed by atoms with Gasteiger partial charge in [-0.25, -0.2) is 9.97 Å². The third kappa shape index (κ3) is 9.36. The molecular formula is C51H48N6O8S2. The van der Waals surface area contributed by atoms with Crippen molar-refractivity contribution in [3.63, 3.8) is 0 Å². The van der Waals surface area contributed by atoms with Crippen LogP contribution in [-0.2, 0) is 14.3 Å². The smallest absolute Gasteiger partial charge is 0.308 e. The molecule has 3 N–H and O–H groups in total. The molecule has 10 rings (SSSR count). The van der Waals surface area contributed by atoms with E-state index in [1.165, 1.54) is 25.7 Å². The molecule has 0 aliphatic heterocycles. The first-order chi connectivity index (χ1) is 32.3. The van der Waals surface area contributed by atoms with Crippen molar-refractivity contribution in [1.29, 1.82) is 0 Å². The summed E-state index contributed by atoms with van der Waals surface area (Å²) in [6, 6.07) is 26.1. The first kappa shape index (κ1) is 45.1. The number of carboxylic acids is 1. The summed E-state index contributed by atoms with van der Waals surface area (Å²) in [6.45, 7) is 4.10. The van der Waals surface area contributed by atoms with Crippen LogP contribution < -0.4 is 21.8 Å². The number of pyridine rings is 2. The van der Waals surface area contributed by atoms with Crippen molar-refractivity contribution in [2.75, 3.05) is 7.11 Å². The summed E-state index contributed by atoms with van der Waals surface area (Å²) in [6.07, 6.45) is 8.38. The van der Waals surface area contributed by atoms with Gasteiger partial charge in [-0.05, 0) is 149 Å². The lowest BCUT2D eigenvalue weighted by Gasteiger charge is -2.27. The number of fused-ring (bicyclic) bond motifs is 4. The molecule has 6 heterocycles. The molecule has 67 heavy (non-hydrogen) atoms. The average Bonchev–Trinajstić information content (AvgIpc) is 3.99. The van der Waals surface area contributed by atoms with E-state index >= 15 is 0 Å². The van der Waals surface area contributed by atoms with Crippen LogP contribution >= 0.6 is 22.7 Å². The fourth-order valence-electron chi connectivity index (χ4n) is 9.15. The van der Waals surface area contributed by atoms with Gasteiger partial charge in [-0.3, -0.25) is 37.6 Å². The molecule has 14 nitrogen and oxygen atoms in total. The second-order valence-corrected chi connectivity index (χ2v) is 19.8. The van der Waals surface area contributed by atoms with Crippen molar-refractivity contribution in [1.82, 2.24) is 29.4 Å². The standard InChI is InChI=1S/C26H25N3O4S.C25H23N3O4S/c1-15-5-12-22(34-15)17-8-11-21-20(14-17)25(31)29-13-3-4-19(23(29)28-21)24(30)27-18-9-6-16(7-10-18)26(32)33-2;1-14-4-11-21(33-14)16-7-10-20-19(13-16)24(30)28-12-2-3-18(22(28)27-20)23(29)26-17-8-5-15(6-9-17)25(31)32/h3-5,8,11-14,16,18H,6-7,9-10H2,1-2H3,(H,27,30);2-4,7,10-13,15,17H,5-6,8-9H2,1H3,(H,26,29)(H,31,32). The summed E-state index contributed by atoms with van der Waals surface area (Å²) >= 11 is 3.35. The van der Waals surface area contributed by atoms with E-state index in [2.05, 4.69) is 39.7 Å². The zero-order valence-electron chi connectivity index (χ0n) is 37.1. The molecular weight excluding hydrogens is 889 g/mol. The van der Waals surface area contributed by atoms with E-state index in [1.807, 2.05) is 55.5 Å². The van der Waals surface area contributed by atoms with Gasteiger partial charge in [-0.1, -0.05) is 12.1 Å². The molecule has 342 valence electrons. The highest BCUT2D eigenvalue weighted by Gasteiger charge is 2.29. The van der Waals surface area contributed by atoms with Crippen LogP contribution in [0.4, 0.5) is 0 Å². The highest BCUT2D eigenvalue weighted by Crippen LogP contribution is 2.32. The number of thiophene rings is 2. The van der Waals surface area contributed by atoms with Crippen molar-refractivity contribution >= 4 is 79.5 Å². The fraction of sp³-hybridized carbons (Fsp3) is 0.294. The first-order valence-electron chi connectivity index (χ1n) is 22.3. The number of aliphatic carboxylic acids is 1. The molecule has 0 spiro atoms. The topological polar surface area (TPSA) is 191 Å². The molecule has 2 aromatic carbocycles. The number of nitrogens with one attached hydrogen (secondary N) is 2. The monoisotopic (exact) mass is 936 g/mol. The number of aryl methyl sites for hydroxylation is 2. The Morgan fingerprint density at radius 1 is 0.612 bits per heavy atom. The van der Waals surface area contributed by atoms with Crippen LogP contribution in [0.15, 0.2) is 107 Å². The van der Waals surface area contributed by atoms with Crippen LogP contribution in [0.25, 0.3) is 54.0 Å². The Morgan fingerprint density at radius 3 is 1.43 bits per heavy atom. The summed E-state index contributed by atoms with van der Waals surface area (Å²) < 4.78 is 7.70. The minimum atomic E-state index is -0.776. The summed E-state index contributed by atoms with van der Waals surface area (Å²) in [5.41, 5.74) is 3.94. The van der Waals surface area contributed by atoms with Crippen LogP contribution in [-0.4, -0.2) is 66.8 Å². The number of rotatable bonds is 8. The largest absolute Gasteiger partial charge is 0.481 e. The van der Waals surface area contributed by atoms with Crippen LogP contribution in [0, 0.1) is 25.7 Å². The molecule has 2 fully saturated rings. The number of methoxy groups -OCH3 is 1. The number of nitrogens with zero attached hydrogens (tertiary/aromatic N) is 4. The van der Waals surface area contributed by atoms with Crippen LogP contribution in [0.2, 0.25) is 0 Å². The summed E-state index contributed by atoms with van der Waals surface area (Å²) in [4.78, 5) is 89.6. The molecule has 0 radical (unpaired) electrons. The SMILES string of the molecule is COC(=O)C1CCC(NC(=O)c2cccn3c(=O)c4cc(-c5ccc(C)s5)ccc4nc23)CC1.Cc1ccc(-c2ccc3nc4c(C(=O)NC5CCC(C(=O)O)CC5)cccn4c(=O)c3c2)s1. The van der Waals surface area contributed by atoms with Gasteiger partial charge >= 0.3 is 11.9 Å². The molecule has 2 saturated carbocycles. The summed E-state index contributed by atoms with van der Waals surface area (Å²) in [5, 5.41) is 16.2. The van der Waals surface area contributed by atoms with Gasteiger partial charge in [0.1, 0.15) is 0 Å². The minimum absolute atomic E-state index is 0.0300. The van der Waals surface area contributed by atoms with Gasteiger partial charge in [0.05, 0.1) is 51.9 Å². The molecule has 0 bridgehead atoms. The van der Waals surface area contributed by atoms with Crippen LogP contribution in [0.3, 0.4) is 0 Å². The van der Waals surface area contributed by atoms with E-state index in [1.54, 1.807) is 59.3 Å². The molecule has 2 aliphatic rings. The van der Waals surface area contributed by atoms with E-state index in [9.17, 15) is 33.9 Å². The van der Waals surface area contributed by atoms with Gasteiger partial charge in [0, 0.05) is 44.0 Å². The molecule has 2 amide bonds. The summed E-state index contributed by atoms with van der Waals surface area (Å²) in [5.74, 6) is -1.98. The molecule has 0 saturated heterocycles. The Kier molecular flexibility index (Phi) is 12.8. The lowest BCUT2D eigenvalue weighted by atomic mass is 9.86. The zero-order valence-corrected chi connectivity index (χ0v) is 38.7. The molecule has 6 aromatic heterocycles. The average molecular weight is 937 g/mol. The third-order valence-corrected chi connectivity index (χ3v) is 14.9. The highest BCUT2D eigenvalue weighted by molar-refractivity contribution is 7.15. The van der Waals surface area contributed by atoms with E-state index < -0.39 is 5.97 Å². The predicted octanol–water partition coefficient (Wildman–Crippen LogP) is 8.60. The second kappa shape index (κ2) is 19.1. The van der Waals surface area contributed by atoms with Gasteiger partial charge in [-0.2, -0.15) is 0 Å². The van der Waals surface area contributed by atoms with Gasteiger partial charge in [0.25, 0.3) is 22.9 Å². The molecule has 0 unspecified atom stereocenters. The Balaban J connectivity index is 0.000000168. The van der Waals surface area contributed by atoms with E-state index in [0.717, 1.165) is 20.9 Å². The number of aromatic nitrogens is 4. The number of carboxylic acid groups (broad SMARTS) is 1. The zero-order chi connectivity index (χ0) is 46.9. The highest BCUT2D eigenvalue weighted by atomic mass is 32.1. The van der Waals surface area contributed by atoms with E-state index in [0.29, 0.717) is 95.6 Å². The Hall–Kier alpha value is -7.04. The molecule has 0 atom stereocenters. The van der Waals surface area contributed by atoms with Gasteiger partial charge < -0.3 is 20.5 Å². The molecule has 8 aromatic rings. The second-order valence-electron chi connectivity index (χ2n) is 17.3. The van der Waals surface area contributed by atoms with Crippen molar-refractivity contribution in [3.05, 3.63) is 139 Å². The van der Waals surface area contributed by atoms with Crippen LogP contribution in [0.1, 0.15) is 81.8 Å². The minimum Gasteiger partial charge on any atom is -0.481 e. The third-order valence-electron chi connectivity index (χ3n) is 12.8. The number of hydrogen-bond donors (Lipinski definition) is 3. The number of carbonyl (C=O) groups excluding carboxylic acids is 3. The quantitative estimate of drug-likeness (QED) is 0.0983. The van der Waals surface area contributed by atoms with E-state index in [4.69, 9.17) is 4.74 Å². The van der Waals surface area contributed by atoms with Crippen LogP contribution in [0.5, 0.6) is 0 Å². The van der Waals surface area contributed by atoms with Crippen molar-refractivity contribution in [2.45, 2.75) is 77.3 Å². The van der Waals surface area contributed by atoms with Gasteiger partial charge in [0.2, 0.25) is 0 Å². The number of carbonyl (C=O) groups is 4. The lowest BCUT2D eigenvalue weighted by Crippen LogP contribution is -2.39. The normalized spacial score (nSPS) is 18.3. The van der Waals surface area contributed by atoms with Crippen molar-refractivity contribution < 1.29 is 29.0 Å². The summed E-state index contributed by atoms with van der Waals surface area (Å²) in [7, 11) is 1.40. The first-order valence-corrected chi connectivity index (χ1v) is 23.9. The Morgan fingerprint density at radius 2 is 1.04 bits per heavy atom. The lowest BCUT2D eigenvalue weighted by molar-refractivity contribution is -0.146. The predicted molar refractivity (Wildman–Crippen MR) is 260 cm³/mol.